The van der Waals surface area contributed by atoms with Crippen LogP contribution in [0.5, 0.6) is 0 Å². The molecule has 0 bridgehead atoms. The van der Waals surface area contributed by atoms with Gasteiger partial charge in [0.2, 0.25) is 0 Å². The first-order valence-corrected chi connectivity index (χ1v) is 9.43. The minimum absolute atomic E-state index is 0.114. The van der Waals surface area contributed by atoms with Gasteiger partial charge in [-0.15, -0.1) is 0 Å². The number of nitrogens with one attached hydrogen (secondary N) is 1. The number of hydrogen-bond donors (Lipinski definition) is 1. The van der Waals surface area contributed by atoms with Gasteiger partial charge in [0.25, 0.3) is 11.8 Å². The van der Waals surface area contributed by atoms with Crippen LogP contribution in [-0.2, 0) is 6.54 Å². The van der Waals surface area contributed by atoms with Crippen molar-refractivity contribution in [3.63, 3.8) is 0 Å². The summed E-state index contributed by atoms with van der Waals surface area (Å²) in [6.45, 7) is -0.114. The van der Waals surface area contributed by atoms with Crippen LogP contribution in [0.2, 0.25) is 5.02 Å². The number of nitrogens with zero attached hydrogens (tertiary/aromatic N) is 1. The molecule has 30 heavy (non-hydrogen) atoms. The van der Waals surface area contributed by atoms with Crippen molar-refractivity contribution in [2.24, 2.45) is 0 Å². The maximum Gasteiger partial charge on any atom is 0.257 e. The third kappa shape index (κ3) is 4.55. The zero-order chi connectivity index (χ0) is 21.7. The summed E-state index contributed by atoms with van der Waals surface area (Å²) in [4.78, 5) is 37.9. The normalized spacial score (nSPS) is 10.4. The average Bonchev–Trinajstić information content (AvgIpc) is 2.75. The Hall–Kier alpha value is -3.51. The van der Waals surface area contributed by atoms with Crippen LogP contribution in [0.4, 0.5) is 10.1 Å². The van der Waals surface area contributed by atoms with Gasteiger partial charge in [-0.2, -0.15) is 0 Å². The molecule has 0 radical (unpaired) electrons. The van der Waals surface area contributed by atoms with Crippen LogP contribution in [0.15, 0.2) is 66.7 Å². The number of hydrogen-bond acceptors (Lipinski definition) is 3. The number of amides is 2. The van der Waals surface area contributed by atoms with Crippen molar-refractivity contribution in [2.75, 3.05) is 12.4 Å². The fourth-order valence-electron chi connectivity index (χ4n) is 2.98. The second-order valence-corrected chi connectivity index (χ2v) is 6.97. The van der Waals surface area contributed by atoms with Gasteiger partial charge in [0.1, 0.15) is 5.82 Å². The zero-order valence-electron chi connectivity index (χ0n) is 16.1. The highest BCUT2D eigenvalue weighted by Gasteiger charge is 2.20. The molecular formula is C23H18ClFN2O3. The summed E-state index contributed by atoms with van der Waals surface area (Å²) < 4.78 is 14.6. The van der Waals surface area contributed by atoms with Crippen LogP contribution in [0.25, 0.3) is 0 Å². The fourth-order valence-corrected chi connectivity index (χ4v) is 3.20. The van der Waals surface area contributed by atoms with Crippen LogP contribution >= 0.6 is 11.6 Å². The molecule has 2 amide bonds. The first-order chi connectivity index (χ1) is 14.4. The van der Waals surface area contributed by atoms with Gasteiger partial charge >= 0.3 is 0 Å². The van der Waals surface area contributed by atoms with E-state index in [1.807, 2.05) is 0 Å². The molecule has 0 atom stereocenters. The monoisotopic (exact) mass is 424 g/mol. The molecule has 0 fully saturated rings. The third-order valence-corrected chi connectivity index (χ3v) is 4.88. The Kier molecular flexibility index (Phi) is 6.59. The van der Waals surface area contributed by atoms with E-state index in [0.29, 0.717) is 6.29 Å². The number of anilines is 1. The van der Waals surface area contributed by atoms with Gasteiger partial charge in [0.15, 0.2) is 6.29 Å². The molecule has 0 unspecified atom stereocenters. The lowest BCUT2D eigenvalue weighted by atomic mass is 10.1. The van der Waals surface area contributed by atoms with Crippen molar-refractivity contribution in [1.82, 2.24) is 4.90 Å². The molecule has 3 aromatic rings. The van der Waals surface area contributed by atoms with Gasteiger partial charge in [-0.1, -0.05) is 48.0 Å². The second kappa shape index (κ2) is 9.33. The minimum Gasteiger partial charge on any atom is -0.337 e. The number of benzene rings is 3. The third-order valence-electron chi connectivity index (χ3n) is 4.55. The summed E-state index contributed by atoms with van der Waals surface area (Å²) in [5, 5.41) is 2.93. The van der Waals surface area contributed by atoms with E-state index in [1.54, 1.807) is 42.5 Å². The lowest BCUT2D eigenvalue weighted by Crippen LogP contribution is -2.28. The van der Waals surface area contributed by atoms with E-state index < -0.39 is 17.6 Å². The van der Waals surface area contributed by atoms with Crippen LogP contribution in [0.3, 0.4) is 0 Å². The summed E-state index contributed by atoms with van der Waals surface area (Å²) in [7, 11) is 1.50. The molecule has 7 heteroatoms. The molecule has 3 rings (SSSR count). The highest BCUT2D eigenvalue weighted by atomic mass is 35.5. The zero-order valence-corrected chi connectivity index (χ0v) is 16.8. The largest absolute Gasteiger partial charge is 0.337 e. The summed E-state index contributed by atoms with van der Waals surface area (Å²) in [6, 6.07) is 17.1. The predicted octanol–water partition coefficient (Wildman–Crippen LogP) is 4.82. The molecule has 152 valence electrons. The quantitative estimate of drug-likeness (QED) is 0.577. The SMILES string of the molecule is CN(Cc1c(F)cccc1NC(=O)c1ccccc1Cl)C(=O)c1ccccc1C=O. The van der Waals surface area contributed by atoms with Crippen LogP contribution in [0, 0.1) is 5.82 Å². The van der Waals surface area contributed by atoms with E-state index in [-0.39, 0.29) is 39.5 Å². The van der Waals surface area contributed by atoms with Crippen molar-refractivity contribution in [1.29, 1.82) is 0 Å². The van der Waals surface area contributed by atoms with Gasteiger partial charge in [-0.3, -0.25) is 14.4 Å². The average molecular weight is 425 g/mol. The molecule has 3 aromatic carbocycles. The van der Waals surface area contributed by atoms with Gasteiger partial charge in [-0.25, -0.2) is 4.39 Å². The Balaban J connectivity index is 1.86. The molecule has 0 saturated carbocycles. The Bertz CT molecular complexity index is 1120. The molecule has 0 spiro atoms. The summed E-state index contributed by atoms with van der Waals surface area (Å²) in [5.74, 6) is -1.51. The number of halogens is 2. The Morgan fingerprint density at radius 1 is 1.00 bits per heavy atom. The molecular weight excluding hydrogens is 407 g/mol. The van der Waals surface area contributed by atoms with E-state index >= 15 is 0 Å². The smallest absolute Gasteiger partial charge is 0.257 e. The topological polar surface area (TPSA) is 66.5 Å². The van der Waals surface area contributed by atoms with E-state index in [1.165, 1.54) is 36.2 Å². The maximum atomic E-state index is 14.6. The number of carbonyl (C=O) groups excluding carboxylic acids is 3. The summed E-state index contributed by atoms with van der Waals surface area (Å²) in [5.41, 5.74) is 1.07. The van der Waals surface area contributed by atoms with Crippen molar-refractivity contribution in [2.45, 2.75) is 6.54 Å². The minimum atomic E-state index is -0.574. The summed E-state index contributed by atoms with van der Waals surface area (Å²) in [6.07, 6.45) is 0.597. The molecule has 0 heterocycles. The lowest BCUT2D eigenvalue weighted by molar-refractivity contribution is 0.0781. The molecule has 1 N–H and O–H groups in total. The number of carbonyl (C=O) groups is 3. The summed E-state index contributed by atoms with van der Waals surface area (Å²) >= 11 is 6.06. The molecule has 0 saturated heterocycles. The molecule has 0 aliphatic carbocycles. The molecule has 0 aliphatic heterocycles. The highest BCUT2D eigenvalue weighted by molar-refractivity contribution is 6.34. The van der Waals surface area contributed by atoms with E-state index in [0.717, 1.165) is 0 Å². The Morgan fingerprint density at radius 2 is 1.67 bits per heavy atom. The van der Waals surface area contributed by atoms with E-state index in [2.05, 4.69) is 5.32 Å². The van der Waals surface area contributed by atoms with Gasteiger partial charge < -0.3 is 10.2 Å². The van der Waals surface area contributed by atoms with E-state index in [4.69, 9.17) is 11.6 Å². The molecule has 5 nitrogen and oxygen atoms in total. The van der Waals surface area contributed by atoms with Gasteiger partial charge in [0, 0.05) is 23.9 Å². The first-order valence-electron chi connectivity index (χ1n) is 9.05. The maximum absolute atomic E-state index is 14.6. The van der Waals surface area contributed by atoms with Crippen LogP contribution in [-0.4, -0.2) is 30.0 Å². The standard InChI is InChI=1S/C23H18ClFN2O3/c1-27(23(30)16-8-3-2-7-15(16)14-28)13-18-20(25)11-6-12-21(18)26-22(29)17-9-4-5-10-19(17)24/h2-12,14H,13H2,1H3,(H,26,29). The number of rotatable bonds is 6. The Labute approximate surface area is 178 Å². The first kappa shape index (κ1) is 21.2. The van der Waals surface area contributed by atoms with Crippen molar-refractivity contribution in [3.05, 3.63) is 99.8 Å². The van der Waals surface area contributed by atoms with Crippen LogP contribution < -0.4 is 5.32 Å². The lowest BCUT2D eigenvalue weighted by Gasteiger charge is -2.21. The van der Waals surface area contributed by atoms with Crippen molar-refractivity contribution < 1.29 is 18.8 Å². The van der Waals surface area contributed by atoms with Crippen molar-refractivity contribution in [3.8, 4) is 0 Å². The predicted molar refractivity (Wildman–Crippen MR) is 113 cm³/mol. The highest BCUT2D eigenvalue weighted by Crippen LogP contribution is 2.24. The van der Waals surface area contributed by atoms with E-state index in [9.17, 15) is 18.8 Å². The molecule has 0 aliphatic rings. The van der Waals surface area contributed by atoms with Gasteiger partial charge in [-0.05, 0) is 30.3 Å². The fraction of sp³-hybridized carbons (Fsp3) is 0.0870. The second-order valence-electron chi connectivity index (χ2n) is 6.57. The van der Waals surface area contributed by atoms with Gasteiger partial charge in [0.05, 0.1) is 22.7 Å². The number of aldehydes is 1. The Morgan fingerprint density at radius 3 is 2.37 bits per heavy atom. The van der Waals surface area contributed by atoms with Crippen molar-refractivity contribution >= 4 is 35.4 Å². The van der Waals surface area contributed by atoms with Crippen LogP contribution in [0.1, 0.15) is 36.6 Å². The molecule has 0 aromatic heterocycles.